The fourth-order valence-corrected chi connectivity index (χ4v) is 1.55. The monoisotopic (exact) mass is 174 g/mol. The molecule has 0 spiro atoms. The van der Waals surface area contributed by atoms with E-state index in [1.165, 1.54) is 16.7 Å². The van der Waals surface area contributed by atoms with E-state index in [-0.39, 0.29) is 6.17 Å². The average Bonchev–Trinajstić information content (AvgIpc) is 2.08. The van der Waals surface area contributed by atoms with E-state index in [1.54, 1.807) is 0 Å². The zero-order valence-corrected chi connectivity index (χ0v) is 7.96. The number of rotatable bonds is 0. The Bertz CT molecular complexity index is 366. The maximum absolute atomic E-state index is 5.85. The minimum absolute atomic E-state index is 0.0322. The van der Waals surface area contributed by atoms with Crippen molar-refractivity contribution in [3.8, 4) is 0 Å². The maximum Gasteiger partial charge on any atom is 0.0966 e. The first kappa shape index (κ1) is 8.32. The highest BCUT2D eigenvalue weighted by Crippen LogP contribution is 2.25. The van der Waals surface area contributed by atoms with E-state index in [1.807, 2.05) is 6.92 Å². The maximum atomic E-state index is 5.85. The van der Waals surface area contributed by atoms with Crippen LogP contribution in [-0.2, 0) is 0 Å². The van der Waals surface area contributed by atoms with Crippen molar-refractivity contribution >= 4 is 11.8 Å². The zero-order chi connectivity index (χ0) is 9.42. The van der Waals surface area contributed by atoms with Crippen molar-refractivity contribution in [1.29, 1.82) is 0 Å². The predicted octanol–water partition coefficient (Wildman–Crippen LogP) is 2.11. The normalized spacial score (nSPS) is 20.2. The molecule has 2 nitrogen and oxygen atoms in total. The van der Waals surface area contributed by atoms with Gasteiger partial charge in [-0.3, -0.25) is 0 Å². The second-order valence-corrected chi connectivity index (χ2v) is 3.60. The fraction of sp³-hybridized carbons (Fsp3) is 0.273. The quantitative estimate of drug-likeness (QED) is 0.632. The molecule has 0 aliphatic carbocycles. The SMILES string of the molecule is CC1=Cc2cc(C)ccc2NC1N. The molecule has 0 aromatic heterocycles. The number of anilines is 1. The lowest BCUT2D eigenvalue weighted by Gasteiger charge is -2.23. The van der Waals surface area contributed by atoms with E-state index in [2.05, 4.69) is 36.5 Å². The summed E-state index contributed by atoms with van der Waals surface area (Å²) in [6.07, 6.45) is 2.11. The second kappa shape index (κ2) is 2.89. The topological polar surface area (TPSA) is 38.0 Å². The number of nitrogens with one attached hydrogen (secondary N) is 1. The van der Waals surface area contributed by atoms with E-state index in [0.717, 1.165) is 5.69 Å². The van der Waals surface area contributed by atoms with Gasteiger partial charge in [-0.15, -0.1) is 0 Å². The zero-order valence-electron chi connectivity index (χ0n) is 7.96. The summed E-state index contributed by atoms with van der Waals surface area (Å²) < 4.78 is 0. The minimum atomic E-state index is -0.0322. The van der Waals surface area contributed by atoms with Crippen LogP contribution >= 0.6 is 0 Å². The van der Waals surface area contributed by atoms with E-state index in [0.29, 0.717) is 0 Å². The van der Waals surface area contributed by atoms with Crippen molar-refractivity contribution in [3.63, 3.8) is 0 Å². The molecule has 1 aromatic rings. The van der Waals surface area contributed by atoms with Gasteiger partial charge in [-0.2, -0.15) is 0 Å². The Balaban J connectivity index is 2.51. The van der Waals surface area contributed by atoms with E-state index < -0.39 is 0 Å². The molecule has 3 N–H and O–H groups in total. The summed E-state index contributed by atoms with van der Waals surface area (Å²) in [5.74, 6) is 0. The van der Waals surface area contributed by atoms with Crippen molar-refractivity contribution in [3.05, 3.63) is 34.9 Å². The molecule has 0 amide bonds. The number of hydrogen-bond donors (Lipinski definition) is 2. The molecule has 0 fully saturated rings. The van der Waals surface area contributed by atoms with Crippen LogP contribution in [0.25, 0.3) is 6.08 Å². The Labute approximate surface area is 78.5 Å². The van der Waals surface area contributed by atoms with Gasteiger partial charge in [0, 0.05) is 5.69 Å². The van der Waals surface area contributed by atoms with Gasteiger partial charge < -0.3 is 11.1 Å². The molecule has 1 aromatic carbocycles. The summed E-state index contributed by atoms with van der Waals surface area (Å²) in [4.78, 5) is 0. The average molecular weight is 174 g/mol. The van der Waals surface area contributed by atoms with Gasteiger partial charge in [0.2, 0.25) is 0 Å². The van der Waals surface area contributed by atoms with Gasteiger partial charge in [-0.25, -0.2) is 0 Å². The van der Waals surface area contributed by atoms with Crippen LogP contribution in [0.4, 0.5) is 5.69 Å². The summed E-state index contributed by atoms with van der Waals surface area (Å²) in [5, 5.41) is 3.25. The van der Waals surface area contributed by atoms with E-state index in [4.69, 9.17) is 5.73 Å². The summed E-state index contributed by atoms with van der Waals surface area (Å²) in [6.45, 7) is 4.14. The Hall–Kier alpha value is -1.28. The van der Waals surface area contributed by atoms with Crippen LogP contribution in [0.15, 0.2) is 23.8 Å². The lowest BCUT2D eigenvalue weighted by molar-refractivity contribution is 0.875. The second-order valence-electron chi connectivity index (χ2n) is 3.60. The molecule has 0 radical (unpaired) electrons. The van der Waals surface area contributed by atoms with Gasteiger partial charge >= 0.3 is 0 Å². The lowest BCUT2D eigenvalue weighted by Crippen LogP contribution is -2.32. The first-order valence-electron chi connectivity index (χ1n) is 4.48. The highest BCUT2D eigenvalue weighted by Gasteiger charge is 2.12. The minimum Gasteiger partial charge on any atom is -0.366 e. The summed E-state index contributed by atoms with van der Waals surface area (Å²) >= 11 is 0. The summed E-state index contributed by atoms with van der Waals surface area (Å²) in [7, 11) is 0. The number of fused-ring (bicyclic) bond motifs is 1. The number of benzene rings is 1. The van der Waals surface area contributed by atoms with Crippen LogP contribution < -0.4 is 11.1 Å². The highest BCUT2D eigenvalue weighted by atomic mass is 15.0. The highest BCUT2D eigenvalue weighted by molar-refractivity contribution is 5.73. The van der Waals surface area contributed by atoms with Gasteiger partial charge in [0.1, 0.15) is 0 Å². The molecule has 68 valence electrons. The molecule has 1 atom stereocenters. The molecule has 2 rings (SSSR count). The molecule has 0 saturated carbocycles. The summed E-state index contributed by atoms with van der Waals surface area (Å²) in [6, 6.07) is 6.33. The number of nitrogens with two attached hydrogens (primary N) is 1. The Morgan fingerprint density at radius 1 is 1.31 bits per heavy atom. The van der Waals surface area contributed by atoms with Crippen LogP contribution in [0.2, 0.25) is 0 Å². The Morgan fingerprint density at radius 3 is 2.85 bits per heavy atom. The summed E-state index contributed by atoms with van der Waals surface area (Å²) in [5.41, 5.74) is 10.7. The smallest absolute Gasteiger partial charge is 0.0966 e. The third kappa shape index (κ3) is 1.45. The molecule has 13 heavy (non-hydrogen) atoms. The van der Waals surface area contributed by atoms with Crippen molar-refractivity contribution in [2.75, 3.05) is 5.32 Å². The van der Waals surface area contributed by atoms with Gasteiger partial charge in [0.05, 0.1) is 6.17 Å². The van der Waals surface area contributed by atoms with Gasteiger partial charge in [-0.1, -0.05) is 17.7 Å². The predicted molar refractivity (Wildman–Crippen MR) is 56.4 cm³/mol. The van der Waals surface area contributed by atoms with Crippen molar-refractivity contribution in [2.45, 2.75) is 20.0 Å². The standard InChI is InChI=1S/C11H14N2/c1-7-3-4-10-9(5-7)6-8(2)11(12)13-10/h3-6,11,13H,12H2,1-2H3. The first-order chi connectivity index (χ1) is 6.16. The van der Waals surface area contributed by atoms with Crippen LogP contribution in [0.3, 0.4) is 0 Å². The third-order valence-electron chi connectivity index (χ3n) is 2.39. The van der Waals surface area contributed by atoms with Crippen LogP contribution in [0.1, 0.15) is 18.1 Å². The molecule has 2 heteroatoms. The molecule has 1 aliphatic heterocycles. The van der Waals surface area contributed by atoms with Gasteiger partial charge in [0.15, 0.2) is 0 Å². The number of hydrogen-bond acceptors (Lipinski definition) is 2. The molecule has 1 aliphatic rings. The first-order valence-corrected chi connectivity index (χ1v) is 4.48. The Morgan fingerprint density at radius 2 is 2.08 bits per heavy atom. The molecule has 1 unspecified atom stereocenters. The van der Waals surface area contributed by atoms with E-state index >= 15 is 0 Å². The molecular formula is C11H14N2. The van der Waals surface area contributed by atoms with Gasteiger partial charge in [0.25, 0.3) is 0 Å². The lowest BCUT2D eigenvalue weighted by atomic mass is 10.0. The van der Waals surface area contributed by atoms with Crippen molar-refractivity contribution in [2.24, 2.45) is 5.73 Å². The fourth-order valence-electron chi connectivity index (χ4n) is 1.55. The van der Waals surface area contributed by atoms with Crippen LogP contribution in [0, 0.1) is 6.92 Å². The van der Waals surface area contributed by atoms with Crippen molar-refractivity contribution in [1.82, 2.24) is 0 Å². The molecule has 0 bridgehead atoms. The van der Waals surface area contributed by atoms with Crippen LogP contribution in [-0.4, -0.2) is 6.17 Å². The molecular weight excluding hydrogens is 160 g/mol. The molecule has 0 saturated heterocycles. The third-order valence-corrected chi connectivity index (χ3v) is 2.39. The van der Waals surface area contributed by atoms with Gasteiger partial charge in [-0.05, 0) is 37.1 Å². The van der Waals surface area contributed by atoms with E-state index in [9.17, 15) is 0 Å². The molecule has 1 heterocycles. The Kier molecular flexibility index (Phi) is 1.85. The van der Waals surface area contributed by atoms with Crippen LogP contribution in [0.5, 0.6) is 0 Å². The largest absolute Gasteiger partial charge is 0.366 e. The van der Waals surface area contributed by atoms with Crippen molar-refractivity contribution < 1.29 is 0 Å². The number of aryl methyl sites for hydroxylation is 1.